The van der Waals surface area contributed by atoms with E-state index < -0.39 is 0 Å². The lowest BCUT2D eigenvalue weighted by Crippen LogP contribution is -2.26. The lowest BCUT2D eigenvalue weighted by molar-refractivity contribution is -0.138. The molecule has 64 heavy (non-hydrogen) atoms. The van der Waals surface area contributed by atoms with Crippen molar-refractivity contribution in [3.05, 3.63) is 178 Å². The molecule has 324 valence electrons. The number of rotatable bonds is 16. The number of benzene rings is 6. The molecule has 0 spiro atoms. The molecule has 0 heterocycles. The van der Waals surface area contributed by atoms with Gasteiger partial charge < -0.3 is 9.47 Å². The van der Waals surface area contributed by atoms with Crippen LogP contribution in [0.25, 0.3) is 55.6 Å². The quantitative estimate of drug-likeness (QED) is 0.0551. The molecule has 3 aliphatic rings. The summed E-state index contributed by atoms with van der Waals surface area (Å²) in [7, 11) is 0. The zero-order valence-corrected chi connectivity index (χ0v) is 39.2. The Balaban J connectivity index is 1.14. The average molecular weight is 910 g/mol. The number of fused-ring (bicyclic) bond motifs is 9. The van der Waals surface area contributed by atoms with E-state index in [0.29, 0.717) is 13.2 Å². The Labute approximate surface area is 387 Å². The van der Waals surface area contributed by atoms with E-state index in [-0.39, 0.29) is 28.2 Å². The molecule has 3 aliphatic carbocycles. The van der Waals surface area contributed by atoms with E-state index in [0.717, 1.165) is 55.8 Å². The predicted molar refractivity (Wildman–Crippen MR) is 266 cm³/mol. The van der Waals surface area contributed by atoms with Crippen LogP contribution in [0.5, 0.6) is 0 Å². The van der Waals surface area contributed by atoms with E-state index in [2.05, 4.69) is 172 Å². The summed E-state index contributed by atoms with van der Waals surface area (Å²) in [5.41, 5.74) is 20.4. The molecule has 0 aliphatic heterocycles. The van der Waals surface area contributed by atoms with Gasteiger partial charge in [-0.1, -0.05) is 167 Å². The maximum absolute atomic E-state index is 11.9. The fraction of sp³-hybridized carbons (Fsp3) is 0.288. The van der Waals surface area contributed by atoms with Crippen molar-refractivity contribution in [2.45, 2.75) is 95.3 Å². The predicted octanol–water partition coefficient (Wildman–Crippen LogP) is 15.2. The van der Waals surface area contributed by atoms with Crippen molar-refractivity contribution in [1.82, 2.24) is 0 Å². The molecule has 0 amide bonds. The van der Waals surface area contributed by atoms with Crippen LogP contribution in [0, 0.1) is 0 Å². The van der Waals surface area contributed by atoms with Gasteiger partial charge in [0.1, 0.15) is 0 Å². The number of carbonyl (C=O) groups is 2. The maximum atomic E-state index is 11.9. The SMILES string of the molecule is C=CC(=O)OCCCCCC1(CCCCCOC(=O)C=C)c2cc(-c3ccc4c(c3)C(C)(C)c3ccccc3-4)ccc2-c2c(Br)cc(-c3ccc4c(c3)C(C)(C)c3ccccc3-4)cc21. The van der Waals surface area contributed by atoms with Crippen molar-refractivity contribution in [3.8, 4) is 55.6 Å². The first-order chi connectivity index (χ1) is 30.9. The summed E-state index contributed by atoms with van der Waals surface area (Å²) in [6, 6.07) is 43.7. The number of esters is 2. The first-order valence-electron chi connectivity index (χ1n) is 23.0. The summed E-state index contributed by atoms with van der Waals surface area (Å²) < 4.78 is 11.9. The van der Waals surface area contributed by atoms with Gasteiger partial charge in [-0.25, -0.2) is 9.59 Å². The van der Waals surface area contributed by atoms with E-state index >= 15 is 0 Å². The largest absolute Gasteiger partial charge is 0.463 e. The van der Waals surface area contributed by atoms with Gasteiger partial charge in [0, 0.05) is 38.4 Å². The van der Waals surface area contributed by atoms with Crippen molar-refractivity contribution in [1.29, 1.82) is 0 Å². The van der Waals surface area contributed by atoms with Crippen LogP contribution in [-0.2, 0) is 35.3 Å². The van der Waals surface area contributed by atoms with E-state index in [9.17, 15) is 9.59 Å². The van der Waals surface area contributed by atoms with Crippen LogP contribution in [0.1, 0.15) is 112 Å². The first kappa shape index (κ1) is 43.5. The Bertz CT molecular complexity index is 2810. The van der Waals surface area contributed by atoms with Gasteiger partial charge in [0.25, 0.3) is 0 Å². The summed E-state index contributed by atoms with van der Waals surface area (Å²) in [4.78, 5) is 23.8. The highest BCUT2D eigenvalue weighted by atomic mass is 79.9. The first-order valence-corrected chi connectivity index (χ1v) is 23.8. The van der Waals surface area contributed by atoms with Crippen LogP contribution in [0.4, 0.5) is 0 Å². The number of hydrogen-bond acceptors (Lipinski definition) is 4. The Morgan fingerprint density at radius 1 is 0.484 bits per heavy atom. The summed E-state index contributed by atoms with van der Waals surface area (Å²) in [6.45, 7) is 17.3. The summed E-state index contributed by atoms with van der Waals surface area (Å²) in [5, 5.41) is 0. The Kier molecular flexibility index (Phi) is 11.8. The standard InChI is InChI=1S/C59H57BrO4/c1-7-54(61)63-31-17-9-15-29-59(30-16-10-18-32-64-55(62)8-2)51-35-39(38-23-26-44-42-19-11-13-21-47(42)57(3,4)49(44)33-38)25-28-46(51)56-52(59)36-41(37-53(56)60)40-24-27-45-43-20-12-14-22-48(43)58(5,6)50(45)34-40/h7-8,11-14,19-28,33-37H,1-2,9-10,15-18,29-32H2,3-6H3. The van der Waals surface area contributed by atoms with Crippen LogP contribution in [0.15, 0.2) is 145 Å². The third-order valence-corrected chi connectivity index (χ3v) is 15.2. The molecule has 4 nitrogen and oxygen atoms in total. The van der Waals surface area contributed by atoms with Crippen LogP contribution in [0.2, 0.25) is 0 Å². The average Bonchev–Trinajstić information content (AvgIpc) is 3.81. The molecule has 0 bridgehead atoms. The Morgan fingerprint density at radius 3 is 1.41 bits per heavy atom. The smallest absolute Gasteiger partial charge is 0.330 e. The van der Waals surface area contributed by atoms with E-state index in [1.807, 2.05) is 0 Å². The van der Waals surface area contributed by atoms with Gasteiger partial charge in [0.2, 0.25) is 0 Å². The minimum atomic E-state index is -0.378. The van der Waals surface area contributed by atoms with E-state index in [1.165, 1.54) is 101 Å². The number of hydrogen-bond donors (Lipinski definition) is 0. The normalized spacial score (nSPS) is 15.0. The molecule has 0 N–H and O–H groups in total. The van der Waals surface area contributed by atoms with Crippen molar-refractivity contribution in [2.75, 3.05) is 13.2 Å². The topological polar surface area (TPSA) is 52.6 Å². The molecule has 6 aromatic rings. The van der Waals surface area contributed by atoms with Gasteiger partial charge in [-0.05, 0) is 139 Å². The minimum Gasteiger partial charge on any atom is -0.463 e. The fourth-order valence-electron chi connectivity index (χ4n) is 11.2. The number of halogens is 1. The minimum absolute atomic E-state index is 0.102. The number of unbranched alkanes of at least 4 members (excludes halogenated alkanes) is 4. The molecule has 6 aromatic carbocycles. The lowest BCUT2D eigenvalue weighted by atomic mass is 9.70. The number of ether oxygens (including phenoxy) is 2. The highest BCUT2D eigenvalue weighted by Gasteiger charge is 2.44. The third-order valence-electron chi connectivity index (χ3n) is 14.6. The van der Waals surface area contributed by atoms with Gasteiger partial charge in [-0.15, -0.1) is 0 Å². The van der Waals surface area contributed by atoms with Gasteiger partial charge in [0.15, 0.2) is 0 Å². The zero-order chi connectivity index (χ0) is 44.8. The molecule has 0 radical (unpaired) electrons. The molecule has 0 saturated heterocycles. The second-order valence-electron chi connectivity index (χ2n) is 18.9. The van der Waals surface area contributed by atoms with Crippen molar-refractivity contribution in [2.24, 2.45) is 0 Å². The summed E-state index contributed by atoms with van der Waals surface area (Å²) >= 11 is 4.18. The molecule has 0 saturated carbocycles. The zero-order valence-electron chi connectivity index (χ0n) is 37.6. The van der Waals surface area contributed by atoms with Crippen molar-refractivity contribution in [3.63, 3.8) is 0 Å². The Hall–Kier alpha value is -5.78. The second-order valence-corrected chi connectivity index (χ2v) is 19.8. The van der Waals surface area contributed by atoms with Gasteiger partial charge in [-0.3, -0.25) is 0 Å². The van der Waals surface area contributed by atoms with Crippen LogP contribution >= 0.6 is 15.9 Å². The van der Waals surface area contributed by atoms with E-state index in [4.69, 9.17) is 9.47 Å². The molecular weight excluding hydrogens is 853 g/mol. The molecule has 9 rings (SSSR count). The lowest BCUT2D eigenvalue weighted by Gasteiger charge is -2.33. The molecule has 0 unspecified atom stereocenters. The maximum Gasteiger partial charge on any atom is 0.330 e. The molecule has 0 aromatic heterocycles. The van der Waals surface area contributed by atoms with Crippen molar-refractivity contribution < 1.29 is 19.1 Å². The Morgan fingerprint density at radius 2 is 0.906 bits per heavy atom. The third kappa shape index (κ3) is 7.50. The van der Waals surface area contributed by atoms with Crippen LogP contribution < -0.4 is 0 Å². The molecule has 5 heteroatoms. The van der Waals surface area contributed by atoms with Gasteiger partial charge >= 0.3 is 11.9 Å². The highest BCUT2D eigenvalue weighted by molar-refractivity contribution is 9.10. The molecule has 0 fully saturated rings. The van der Waals surface area contributed by atoms with Gasteiger partial charge in [0.05, 0.1) is 13.2 Å². The fourth-order valence-corrected chi connectivity index (χ4v) is 11.9. The van der Waals surface area contributed by atoms with E-state index in [1.54, 1.807) is 0 Å². The molecular formula is C59H57BrO4. The summed E-state index contributed by atoms with van der Waals surface area (Å²) in [5.74, 6) is -0.757. The van der Waals surface area contributed by atoms with Gasteiger partial charge in [-0.2, -0.15) is 0 Å². The highest BCUT2D eigenvalue weighted by Crippen LogP contribution is 2.59. The molecule has 0 atom stereocenters. The summed E-state index contributed by atoms with van der Waals surface area (Å²) in [6.07, 6.45) is 9.68. The number of carbonyl (C=O) groups excluding carboxylic acids is 2. The monoisotopic (exact) mass is 908 g/mol. The van der Waals surface area contributed by atoms with Crippen LogP contribution in [0.3, 0.4) is 0 Å². The second kappa shape index (κ2) is 17.3. The van der Waals surface area contributed by atoms with Crippen LogP contribution in [-0.4, -0.2) is 25.2 Å². The van der Waals surface area contributed by atoms with Crippen molar-refractivity contribution >= 4 is 27.9 Å².